The van der Waals surface area contributed by atoms with Gasteiger partial charge < -0.3 is 19.0 Å². The van der Waals surface area contributed by atoms with Crippen LogP contribution in [0.4, 0.5) is 4.79 Å². The van der Waals surface area contributed by atoms with Crippen LogP contribution in [0.3, 0.4) is 0 Å². The second kappa shape index (κ2) is 6.94. The lowest BCUT2D eigenvalue weighted by Gasteiger charge is -2.35. The van der Waals surface area contributed by atoms with Crippen LogP contribution in [0.2, 0.25) is 0 Å². The summed E-state index contributed by atoms with van der Waals surface area (Å²) in [5.74, 6) is 0.592. The molecule has 28 heavy (non-hydrogen) atoms. The number of hydrogen-bond acceptors (Lipinski definition) is 6. The molecule has 8 heteroatoms. The van der Waals surface area contributed by atoms with Crippen molar-refractivity contribution in [3.63, 3.8) is 0 Å². The van der Waals surface area contributed by atoms with Crippen molar-refractivity contribution in [2.75, 3.05) is 26.2 Å². The summed E-state index contributed by atoms with van der Waals surface area (Å²) in [4.78, 5) is 35.9. The molecule has 0 saturated carbocycles. The van der Waals surface area contributed by atoms with E-state index in [0.717, 1.165) is 5.39 Å². The Labute approximate surface area is 162 Å². The van der Waals surface area contributed by atoms with Crippen LogP contribution in [-0.2, 0) is 11.3 Å². The van der Waals surface area contributed by atoms with Gasteiger partial charge in [-0.2, -0.15) is 0 Å². The molecule has 0 spiro atoms. The molecule has 1 amide bonds. The lowest BCUT2D eigenvalue weighted by atomic mass is 10.2. The Morgan fingerprint density at radius 1 is 1.21 bits per heavy atom. The number of amides is 1. The third kappa shape index (κ3) is 3.73. The van der Waals surface area contributed by atoms with Crippen LogP contribution >= 0.6 is 0 Å². The second-order valence-corrected chi connectivity index (χ2v) is 8.03. The van der Waals surface area contributed by atoms with Gasteiger partial charge in [-0.1, -0.05) is 12.1 Å². The van der Waals surface area contributed by atoms with E-state index in [1.165, 1.54) is 0 Å². The number of rotatable bonds is 2. The highest BCUT2D eigenvalue weighted by Gasteiger charge is 2.26. The van der Waals surface area contributed by atoms with Gasteiger partial charge in [0.1, 0.15) is 22.5 Å². The van der Waals surface area contributed by atoms with Crippen molar-refractivity contribution in [3.8, 4) is 0 Å². The zero-order valence-corrected chi connectivity index (χ0v) is 16.3. The van der Waals surface area contributed by atoms with E-state index in [2.05, 4.69) is 14.9 Å². The Kier molecular flexibility index (Phi) is 4.58. The van der Waals surface area contributed by atoms with Crippen molar-refractivity contribution in [3.05, 3.63) is 40.4 Å². The number of aromatic nitrogens is 2. The smallest absolute Gasteiger partial charge is 0.410 e. The summed E-state index contributed by atoms with van der Waals surface area (Å²) in [5.41, 5.74) is 0.712. The number of carbonyl (C=O) groups excluding carboxylic acids is 1. The number of fused-ring (bicyclic) bond motifs is 3. The summed E-state index contributed by atoms with van der Waals surface area (Å²) in [6, 6.07) is 7.49. The molecule has 1 N–H and O–H groups in total. The first-order valence-electron chi connectivity index (χ1n) is 9.41. The first-order chi connectivity index (χ1) is 13.3. The molecule has 1 aliphatic heterocycles. The van der Waals surface area contributed by atoms with Crippen LogP contribution in [0.15, 0.2) is 33.5 Å². The monoisotopic (exact) mass is 384 g/mol. The molecular formula is C20H24N4O4. The summed E-state index contributed by atoms with van der Waals surface area (Å²) in [7, 11) is 0. The predicted molar refractivity (Wildman–Crippen MR) is 105 cm³/mol. The molecule has 0 atom stereocenters. The van der Waals surface area contributed by atoms with Crippen molar-refractivity contribution in [1.29, 1.82) is 0 Å². The lowest BCUT2D eigenvalue weighted by Crippen LogP contribution is -2.49. The number of H-pyrrole nitrogens is 1. The Hall–Kier alpha value is -2.87. The maximum absolute atomic E-state index is 12.4. The molecule has 0 unspecified atom stereocenters. The molecule has 1 fully saturated rings. The molecule has 1 saturated heterocycles. The standard InChI is InChI=1S/C20H24N4O4/c1-20(2,3)28-19(26)24-10-8-23(9-11-24)12-15-21-16-13-6-4-5-7-14(13)27-17(16)18(25)22-15/h4-7H,8-12H2,1-3H3,(H,21,22,25). The van der Waals surface area contributed by atoms with E-state index in [0.29, 0.717) is 49.6 Å². The summed E-state index contributed by atoms with van der Waals surface area (Å²) >= 11 is 0. The molecule has 0 bridgehead atoms. The maximum atomic E-state index is 12.4. The number of furan rings is 1. The zero-order chi connectivity index (χ0) is 19.9. The number of piperazine rings is 1. The number of para-hydroxylation sites is 1. The van der Waals surface area contributed by atoms with Crippen molar-refractivity contribution in [2.24, 2.45) is 0 Å². The SMILES string of the molecule is CC(C)(C)OC(=O)N1CCN(Cc2nc3c(oc4ccccc43)c(=O)[nH]2)CC1. The van der Waals surface area contributed by atoms with Gasteiger partial charge in [-0.3, -0.25) is 9.69 Å². The van der Waals surface area contributed by atoms with Gasteiger partial charge >= 0.3 is 6.09 Å². The first-order valence-corrected chi connectivity index (χ1v) is 9.41. The molecule has 1 aromatic carbocycles. The number of nitrogens with zero attached hydrogens (tertiary/aromatic N) is 3. The van der Waals surface area contributed by atoms with Crippen LogP contribution in [0.25, 0.3) is 22.1 Å². The summed E-state index contributed by atoms with van der Waals surface area (Å²) in [6.07, 6.45) is -0.287. The number of carbonyl (C=O) groups is 1. The van der Waals surface area contributed by atoms with Gasteiger partial charge in [0, 0.05) is 31.6 Å². The molecule has 0 aliphatic carbocycles. The number of hydrogen-bond donors (Lipinski definition) is 1. The van der Waals surface area contributed by atoms with E-state index in [4.69, 9.17) is 9.15 Å². The fourth-order valence-electron chi connectivity index (χ4n) is 3.35. The average molecular weight is 384 g/mol. The van der Waals surface area contributed by atoms with E-state index in [-0.39, 0.29) is 17.2 Å². The molecule has 3 aromatic rings. The zero-order valence-electron chi connectivity index (χ0n) is 16.3. The Balaban J connectivity index is 1.47. The normalized spacial score (nSPS) is 16.0. The molecule has 0 radical (unpaired) electrons. The average Bonchev–Trinajstić information content (AvgIpc) is 3.00. The minimum Gasteiger partial charge on any atom is -0.449 e. The quantitative estimate of drug-likeness (QED) is 0.730. The first kappa shape index (κ1) is 18.5. The third-order valence-electron chi connectivity index (χ3n) is 4.68. The van der Waals surface area contributed by atoms with Gasteiger partial charge in [-0.25, -0.2) is 9.78 Å². The van der Waals surface area contributed by atoms with E-state index in [1.807, 2.05) is 45.0 Å². The number of ether oxygens (including phenoxy) is 1. The van der Waals surface area contributed by atoms with Crippen molar-refractivity contribution in [2.45, 2.75) is 32.9 Å². The van der Waals surface area contributed by atoms with Gasteiger partial charge in [-0.15, -0.1) is 0 Å². The highest BCUT2D eigenvalue weighted by molar-refractivity contribution is 6.01. The van der Waals surface area contributed by atoms with Gasteiger partial charge in [0.2, 0.25) is 5.58 Å². The van der Waals surface area contributed by atoms with Gasteiger partial charge in [0.25, 0.3) is 5.56 Å². The summed E-state index contributed by atoms with van der Waals surface area (Å²) in [6.45, 7) is 8.62. The van der Waals surface area contributed by atoms with E-state index in [1.54, 1.807) is 4.90 Å². The van der Waals surface area contributed by atoms with Crippen LogP contribution < -0.4 is 5.56 Å². The molecule has 2 aromatic heterocycles. The number of benzene rings is 1. The summed E-state index contributed by atoms with van der Waals surface area (Å²) in [5, 5.41) is 0.833. The fourth-order valence-corrected chi connectivity index (χ4v) is 3.35. The van der Waals surface area contributed by atoms with E-state index < -0.39 is 5.60 Å². The molecule has 8 nitrogen and oxygen atoms in total. The minimum absolute atomic E-state index is 0.250. The van der Waals surface area contributed by atoms with Crippen LogP contribution in [0.1, 0.15) is 26.6 Å². The molecule has 3 heterocycles. The van der Waals surface area contributed by atoms with Gasteiger partial charge in [-0.05, 0) is 32.9 Å². The molecular weight excluding hydrogens is 360 g/mol. The minimum atomic E-state index is -0.500. The van der Waals surface area contributed by atoms with Crippen LogP contribution in [0.5, 0.6) is 0 Å². The number of nitrogens with one attached hydrogen (secondary N) is 1. The third-order valence-corrected chi connectivity index (χ3v) is 4.68. The van der Waals surface area contributed by atoms with Crippen LogP contribution in [-0.4, -0.2) is 57.6 Å². The maximum Gasteiger partial charge on any atom is 0.410 e. The fraction of sp³-hybridized carbons (Fsp3) is 0.450. The topological polar surface area (TPSA) is 91.7 Å². The summed E-state index contributed by atoms with van der Waals surface area (Å²) < 4.78 is 11.1. The molecule has 4 rings (SSSR count). The van der Waals surface area contributed by atoms with Gasteiger partial charge in [0.15, 0.2) is 0 Å². The Morgan fingerprint density at radius 3 is 2.64 bits per heavy atom. The highest BCUT2D eigenvalue weighted by atomic mass is 16.6. The Morgan fingerprint density at radius 2 is 1.93 bits per heavy atom. The second-order valence-electron chi connectivity index (χ2n) is 8.03. The molecule has 148 valence electrons. The molecule has 1 aliphatic rings. The van der Waals surface area contributed by atoms with Crippen LogP contribution in [0, 0.1) is 0 Å². The number of aromatic amines is 1. The van der Waals surface area contributed by atoms with Gasteiger partial charge in [0.05, 0.1) is 6.54 Å². The highest BCUT2D eigenvalue weighted by Crippen LogP contribution is 2.24. The van der Waals surface area contributed by atoms with Crippen molar-refractivity contribution in [1.82, 2.24) is 19.8 Å². The lowest BCUT2D eigenvalue weighted by molar-refractivity contribution is 0.0137. The largest absolute Gasteiger partial charge is 0.449 e. The predicted octanol–water partition coefficient (Wildman–Crippen LogP) is 2.72. The van der Waals surface area contributed by atoms with E-state index in [9.17, 15) is 9.59 Å². The van der Waals surface area contributed by atoms with E-state index >= 15 is 0 Å². The Bertz CT molecular complexity index is 1070. The van der Waals surface area contributed by atoms with Crippen molar-refractivity contribution >= 4 is 28.2 Å². The van der Waals surface area contributed by atoms with Crippen molar-refractivity contribution < 1.29 is 13.9 Å².